The van der Waals surface area contributed by atoms with Gasteiger partial charge in [0.1, 0.15) is 0 Å². The molecule has 1 aliphatic rings. The van der Waals surface area contributed by atoms with Crippen LogP contribution in [0.25, 0.3) is 0 Å². The minimum atomic E-state index is -3.26. The molecule has 0 amide bonds. The van der Waals surface area contributed by atoms with Crippen LogP contribution in [-0.2, 0) is 14.8 Å². The summed E-state index contributed by atoms with van der Waals surface area (Å²) in [6.07, 6.45) is 2.27. The van der Waals surface area contributed by atoms with E-state index < -0.39 is 15.6 Å². The minimum Gasteiger partial charge on any atom is -0.379 e. The molecule has 1 unspecified atom stereocenters. The van der Waals surface area contributed by atoms with E-state index in [1.54, 1.807) is 7.05 Å². The van der Waals surface area contributed by atoms with Gasteiger partial charge >= 0.3 is 0 Å². The van der Waals surface area contributed by atoms with Crippen LogP contribution < -0.4 is 15.4 Å². The summed E-state index contributed by atoms with van der Waals surface area (Å²) in [5.41, 5.74) is -0.604. The Kier molecular flexibility index (Phi) is 12.3. The number of hydrogen-bond acceptors (Lipinski definition) is 5. The maximum Gasteiger partial charge on any atom is 0.209 e. The Balaban J connectivity index is 0.00000676. The summed E-state index contributed by atoms with van der Waals surface area (Å²) in [7, 11) is -1.54. The molecule has 8 nitrogen and oxygen atoms in total. The smallest absolute Gasteiger partial charge is 0.209 e. The lowest BCUT2D eigenvalue weighted by Crippen LogP contribution is -2.55. The van der Waals surface area contributed by atoms with E-state index in [0.29, 0.717) is 24.5 Å². The Morgan fingerprint density at radius 2 is 1.81 bits per heavy atom. The van der Waals surface area contributed by atoms with Gasteiger partial charge in [0.05, 0.1) is 19.5 Å². The molecule has 3 N–H and O–H groups in total. The van der Waals surface area contributed by atoms with Gasteiger partial charge in [0.2, 0.25) is 10.0 Å². The summed E-state index contributed by atoms with van der Waals surface area (Å²) in [6.45, 7) is 12.9. The molecule has 0 bridgehead atoms. The monoisotopic (exact) mass is 519 g/mol. The number of morpholine rings is 1. The SMILES string of the molecule is CN=C(NCC(CC(C)C)N1CCOCC1)NCC(C)(C)NS(C)(=O)=O.I. The summed E-state index contributed by atoms with van der Waals surface area (Å²) >= 11 is 0. The van der Waals surface area contributed by atoms with Crippen molar-refractivity contribution in [2.45, 2.75) is 45.7 Å². The third-order valence-electron chi connectivity index (χ3n) is 4.19. The van der Waals surface area contributed by atoms with Gasteiger partial charge in [0.15, 0.2) is 5.96 Å². The lowest BCUT2D eigenvalue weighted by molar-refractivity contribution is 0.0132. The van der Waals surface area contributed by atoms with Crippen LogP contribution in [0.15, 0.2) is 4.99 Å². The quantitative estimate of drug-likeness (QED) is 0.238. The van der Waals surface area contributed by atoms with Gasteiger partial charge in [0, 0.05) is 44.8 Å². The molecule has 0 aromatic heterocycles. The number of hydrogen-bond donors (Lipinski definition) is 3. The van der Waals surface area contributed by atoms with E-state index in [2.05, 4.69) is 39.1 Å². The topological polar surface area (TPSA) is 95.1 Å². The maximum atomic E-state index is 11.5. The van der Waals surface area contributed by atoms with Crippen LogP contribution in [0, 0.1) is 5.92 Å². The van der Waals surface area contributed by atoms with E-state index in [4.69, 9.17) is 4.74 Å². The molecule has 1 saturated heterocycles. The van der Waals surface area contributed by atoms with Gasteiger partial charge in [-0.1, -0.05) is 13.8 Å². The van der Waals surface area contributed by atoms with Crippen LogP contribution in [-0.4, -0.2) is 83.6 Å². The second-order valence-corrected chi connectivity index (χ2v) is 9.74. The first-order chi connectivity index (χ1) is 12.0. The van der Waals surface area contributed by atoms with E-state index in [1.165, 1.54) is 6.26 Å². The molecule has 0 radical (unpaired) electrons. The van der Waals surface area contributed by atoms with Crippen molar-refractivity contribution in [2.75, 3.05) is 52.7 Å². The number of ether oxygens (including phenoxy) is 1. The van der Waals surface area contributed by atoms with E-state index >= 15 is 0 Å². The van der Waals surface area contributed by atoms with Crippen LogP contribution in [0.3, 0.4) is 0 Å². The maximum absolute atomic E-state index is 11.5. The van der Waals surface area contributed by atoms with Gasteiger partial charge in [-0.25, -0.2) is 13.1 Å². The number of halogens is 1. The Labute approximate surface area is 182 Å². The third-order valence-corrected chi connectivity index (χ3v) is 5.12. The molecule has 0 aromatic rings. The van der Waals surface area contributed by atoms with Crippen LogP contribution in [0.4, 0.5) is 0 Å². The van der Waals surface area contributed by atoms with Gasteiger partial charge in [-0.05, 0) is 26.2 Å². The summed E-state index contributed by atoms with van der Waals surface area (Å²) < 4.78 is 31.0. The molecule has 0 aliphatic carbocycles. The van der Waals surface area contributed by atoms with Crippen LogP contribution >= 0.6 is 24.0 Å². The number of sulfonamides is 1. The summed E-state index contributed by atoms with van der Waals surface area (Å²) in [5, 5.41) is 6.60. The zero-order chi connectivity index (χ0) is 19.8. The molecule has 1 heterocycles. The summed E-state index contributed by atoms with van der Waals surface area (Å²) in [6, 6.07) is 0.416. The Morgan fingerprint density at radius 3 is 2.30 bits per heavy atom. The Bertz CT molecular complexity index is 549. The predicted molar refractivity (Wildman–Crippen MR) is 122 cm³/mol. The van der Waals surface area contributed by atoms with Crippen molar-refractivity contribution >= 4 is 40.0 Å². The Morgan fingerprint density at radius 1 is 1.22 bits per heavy atom. The van der Waals surface area contributed by atoms with Crippen molar-refractivity contribution in [1.82, 2.24) is 20.3 Å². The zero-order valence-electron chi connectivity index (χ0n) is 17.5. The highest BCUT2D eigenvalue weighted by Crippen LogP contribution is 2.13. The molecule has 0 spiro atoms. The first-order valence-corrected chi connectivity index (χ1v) is 11.2. The molecular formula is C17H38IN5O3S. The molecule has 10 heteroatoms. The van der Waals surface area contributed by atoms with Crippen LogP contribution in [0.2, 0.25) is 0 Å². The molecular weight excluding hydrogens is 481 g/mol. The van der Waals surface area contributed by atoms with Crippen LogP contribution in [0.1, 0.15) is 34.1 Å². The van der Waals surface area contributed by atoms with Crippen molar-refractivity contribution in [1.29, 1.82) is 0 Å². The second-order valence-electron chi connectivity index (χ2n) is 8.00. The van der Waals surface area contributed by atoms with Gasteiger partial charge in [-0.2, -0.15) is 0 Å². The number of nitrogens with zero attached hydrogens (tertiary/aromatic N) is 2. The highest BCUT2D eigenvalue weighted by molar-refractivity contribution is 14.0. The number of nitrogens with one attached hydrogen (secondary N) is 3. The molecule has 1 aliphatic heterocycles. The molecule has 1 fully saturated rings. The van der Waals surface area contributed by atoms with Crippen LogP contribution in [0.5, 0.6) is 0 Å². The summed E-state index contributed by atoms with van der Waals surface area (Å²) in [4.78, 5) is 6.73. The fourth-order valence-electron chi connectivity index (χ4n) is 3.13. The summed E-state index contributed by atoms with van der Waals surface area (Å²) in [5.74, 6) is 1.29. The fraction of sp³-hybridized carbons (Fsp3) is 0.941. The highest BCUT2D eigenvalue weighted by Gasteiger charge is 2.24. The average molecular weight is 519 g/mol. The highest BCUT2D eigenvalue weighted by atomic mass is 127. The van der Waals surface area contributed by atoms with E-state index in [1.807, 2.05) is 13.8 Å². The molecule has 1 rings (SSSR count). The molecule has 0 aromatic carbocycles. The largest absolute Gasteiger partial charge is 0.379 e. The lowest BCUT2D eigenvalue weighted by Gasteiger charge is -2.36. The third kappa shape index (κ3) is 12.1. The Hall–Kier alpha value is -0.170. The van der Waals surface area contributed by atoms with E-state index in [0.717, 1.165) is 39.3 Å². The predicted octanol–water partition coefficient (Wildman–Crippen LogP) is 0.844. The minimum absolute atomic E-state index is 0. The van der Waals surface area contributed by atoms with Gasteiger partial charge < -0.3 is 15.4 Å². The number of rotatable bonds is 9. The first-order valence-electron chi connectivity index (χ1n) is 9.27. The van der Waals surface area contributed by atoms with Crippen molar-refractivity contribution in [2.24, 2.45) is 10.9 Å². The van der Waals surface area contributed by atoms with Crippen molar-refractivity contribution < 1.29 is 13.2 Å². The zero-order valence-corrected chi connectivity index (χ0v) is 20.7. The molecule has 162 valence electrons. The average Bonchev–Trinajstić information content (AvgIpc) is 2.52. The molecule has 27 heavy (non-hydrogen) atoms. The first kappa shape index (κ1) is 26.8. The fourth-order valence-corrected chi connectivity index (χ4v) is 4.20. The van der Waals surface area contributed by atoms with Gasteiger partial charge in [-0.3, -0.25) is 9.89 Å². The molecule has 0 saturated carbocycles. The van der Waals surface area contributed by atoms with Crippen molar-refractivity contribution in [3.63, 3.8) is 0 Å². The number of guanidine groups is 1. The normalized spacial score (nSPS) is 18.1. The molecule has 1 atom stereocenters. The standard InChI is InChI=1S/C17H37N5O3S.HI/c1-14(2)11-15(22-7-9-25-10-8-22)12-19-16(18-5)20-13-17(3,4)21-26(6,23)24;/h14-15,21H,7-13H2,1-6H3,(H2,18,19,20);1H. The van der Waals surface area contributed by atoms with Gasteiger partial charge in [0.25, 0.3) is 0 Å². The van der Waals surface area contributed by atoms with Crippen molar-refractivity contribution in [3.05, 3.63) is 0 Å². The van der Waals surface area contributed by atoms with Gasteiger partial charge in [-0.15, -0.1) is 24.0 Å². The lowest BCUT2D eigenvalue weighted by atomic mass is 10.0. The van der Waals surface area contributed by atoms with Crippen molar-refractivity contribution in [3.8, 4) is 0 Å². The second kappa shape index (κ2) is 12.4. The van der Waals surface area contributed by atoms with E-state index in [-0.39, 0.29) is 24.0 Å². The van der Waals surface area contributed by atoms with E-state index in [9.17, 15) is 8.42 Å². The number of aliphatic imine (C=N–C) groups is 1.